The van der Waals surface area contributed by atoms with Crippen LogP contribution < -0.4 is 60.2 Å². The minimum atomic E-state index is -1.39. The van der Waals surface area contributed by atoms with E-state index in [0.29, 0.717) is 49.0 Å². The van der Waals surface area contributed by atoms with Crippen LogP contribution in [0.1, 0.15) is 83.0 Å². The third-order valence-electron chi connectivity index (χ3n) is 11.9. The summed E-state index contributed by atoms with van der Waals surface area (Å²) in [4.78, 5) is 120. The SMILES string of the molecule is CC[C@H](C)[C@H](NC(=O)[C@@H](NC(=O)CNC(=O)[C@@H](Cc1ccc(O)cc1)NC(=O)[C@H](Cc1ccccc1)NC(=O)[C@H](Cc1cnc[nH]1)NC(=O)[C@@H](CCCN=C(N)N)NC(=O)[C@@H](N)CCCCN)C(C)C)C(=O)O. The number of nitrogens with two attached hydrogens (primary N) is 4. The number of aromatic hydroxyl groups is 1. The van der Waals surface area contributed by atoms with Gasteiger partial charge in [0.15, 0.2) is 5.96 Å². The number of aromatic nitrogens is 2. The van der Waals surface area contributed by atoms with E-state index in [2.05, 4.69) is 52.2 Å². The molecule has 24 nitrogen and oxygen atoms in total. The molecule has 0 radical (unpaired) electrons. The number of nitrogens with zero attached hydrogens (tertiary/aromatic N) is 2. The van der Waals surface area contributed by atoms with Gasteiger partial charge in [-0.3, -0.25) is 38.6 Å². The molecule has 3 rings (SSSR count). The zero-order valence-corrected chi connectivity index (χ0v) is 41.9. The molecule has 7 amide bonds. The number of rotatable bonds is 32. The molecular weight excluding hydrogens is 945 g/mol. The molecule has 0 aliphatic heterocycles. The standard InChI is InChI=1S/C49H74N14O10/c1-5-29(4)41(48(72)73)63-47(71)40(28(2)3)62-39(65)26-56-43(67)36(23-31-16-18-33(64)19-17-31)59-45(69)37(22-30-12-7-6-8-13-30)60-46(70)38(24-32-25-54-27-57-32)61-44(68)35(15-11-21-55-49(52)53)58-42(66)34(51)14-9-10-20-50/h6-8,12-13,16-19,25,27-29,34-38,40-41,64H,5,9-11,14-15,20-24,26,50-51H2,1-4H3,(H,54,57)(H,56,67)(H,58,66)(H,59,69)(H,60,70)(H,61,68)(H,62,65)(H,63,71)(H,72,73)(H4,52,53,55)/t29-,34-,35+,36+,37-,38-,40-,41-/m0/s1. The molecule has 73 heavy (non-hydrogen) atoms. The van der Waals surface area contributed by atoms with E-state index in [0.717, 1.165) is 0 Å². The van der Waals surface area contributed by atoms with Crippen molar-refractivity contribution in [2.75, 3.05) is 19.6 Å². The zero-order valence-electron chi connectivity index (χ0n) is 41.9. The van der Waals surface area contributed by atoms with Gasteiger partial charge in [0.2, 0.25) is 41.4 Å². The van der Waals surface area contributed by atoms with Crippen LogP contribution in [0.4, 0.5) is 0 Å². The highest BCUT2D eigenvalue weighted by molar-refractivity contribution is 5.97. The molecule has 400 valence electrons. The largest absolute Gasteiger partial charge is 0.508 e. The Labute approximate surface area is 424 Å². The molecule has 8 atom stereocenters. The first-order valence-corrected chi connectivity index (χ1v) is 24.3. The van der Waals surface area contributed by atoms with Crippen molar-refractivity contribution in [2.45, 2.75) is 128 Å². The van der Waals surface area contributed by atoms with E-state index >= 15 is 0 Å². The van der Waals surface area contributed by atoms with Crippen molar-refractivity contribution in [1.29, 1.82) is 0 Å². The topological polar surface area (TPSA) is 406 Å². The highest BCUT2D eigenvalue weighted by Gasteiger charge is 2.34. The Kier molecular flexibility index (Phi) is 25.3. The maximum Gasteiger partial charge on any atom is 0.326 e. The molecule has 0 saturated carbocycles. The molecule has 18 N–H and O–H groups in total. The van der Waals surface area contributed by atoms with Gasteiger partial charge in [-0.05, 0) is 67.3 Å². The highest BCUT2D eigenvalue weighted by Crippen LogP contribution is 2.14. The predicted molar refractivity (Wildman–Crippen MR) is 272 cm³/mol. The second kappa shape index (κ2) is 31.0. The summed E-state index contributed by atoms with van der Waals surface area (Å²) in [5.41, 5.74) is 24.3. The van der Waals surface area contributed by atoms with E-state index in [9.17, 15) is 48.6 Å². The molecule has 0 aliphatic carbocycles. The number of H-pyrrole nitrogens is 1. The molecule has 1 heterocycles. The number of guanidine groups is 1. The number of nitrogens with one attached hydrogen (secondary N) is 8. The third kappa shape index (κ3) is 21.3. The van der Waals surface area contributed by atoms with Crippen molar-refractivity contribution < 1.29 is 48.6 Å². The molecule has 0 aliphatic rings. The van der Waals surface area contributed by atoms with Crippen molar-refractivity contribution in [3.05, 3.63) is 83.9 Å². The first-order valence-electron chi connectivity index (χ1n) is 24.3. The lowest BCUT2D eigenvalue weighted by Crippen LogP contribution is -2.60. The van der Waals surface area contributed by atoms with Gasteiger partial charge in [-0.25, -0.2) is 9.78 Å². The first kappa shape index (κ1) is 59.7. The Morgan fingerprint density at radius 2 is 1.25 bits per heavy atom. The fourth-order valence-electron chi connectivity index (χ4n) is 7.45. The van der Waals surface area contributed by atoms with Crippen LogP contribution >= 0.6 is 0 Å². The number of amides is 7. The summed E-state index contributed by atoms with van der Waals surface area (Å²) in [5, 5.41) is 38.1. The van der Waals surface area contributed by atoms with Crippen molar-refractivity contribution in [3.8, 4) is 5.75 Å². The fraction of sp³-hybridized carbons (Fsp3) is 0.510. The number of benzene rings is 2. The molecule has 0 saturated heterocycles. The number of carboxylic acid groups (broad SMARTS) is 1. The Morgan fingerprint density at radius 3 is 1.79 bits per heavy atom. The lowest BCUT2D eigenvalue weighted by Gasteiger charge is -2.27. The number of carboxylic acids is 1. The number of hydrogen-bond acceptors (Lipinski definition) is 13. The summed E-state index contributed by atoms with van der Waals surface area (Å²) in [7, 11) is 0. The number of carbonyl (C=O) groups excluding carboxylic acids is 7. The van der Waals surface area contributed by atoms with E-state index in [1.54, 1.807) is 58.0 Å². The number of phenolic OH excluding ortho intramolecular Hbond substituents is 1. The Balaban J connectivity index is 1.92. The summed E-state index contributed by atoms with van der Waals surface area (Å²) in [6.07, 6.45) is 4.73. The van der Waals surface area contributed by atoms with Gasteiger partial charge in [-0.15, -0.1) is 0 Å². The van der Waals surface area contributed by atoms with E-state index in [-0.39, 0.29) is 50.4 Å². The van der Waals surface area contributed by atoms with Crippen molar-refractivity contribution in [1.82, 2.24) is 47.2 Å². The first-order chi connectivity index (χ1) is 34.7. The maximum atomic E-state index is 14.5. The zero-order chi connectivity index (χ0) is 54.0. The van der Waals surface area contributed by atoms with Crippen molar-refractivity contribution in [3.63, 3.8) is 0 Å². The van der Waals surface area contributed by atoms with Crippen LogP contribution in [-0.2, 0) is 57.6 Å². The van der Waals surface area contributed by atoms with Crippen LogP contribution in [0.3, 0.4) is 0 Å². The van der Waals surface area contributed by atoms with Crippen molar-refractivity contribution in [2.24, 2.45) is 39.8 Å². The van der Waals surface area contributed by atoms with Crippen LogP contribution in [0, 0.1) is 11.8 Å². The minimum Gasteiger partial charge on any atom is -0.508 e. The number of aromatic amines is 1. The third-order valence-corrected chi connectivity index (χ3v) is 11.9. The number of aliphatic carboxylic acids is 1. The van der Waals surface area contributed by atoms with Crippen LogP contribution in [0.2, 0.25) is 0 Å². The average molecular weight is 1020 g/mol. The van der Waals surface area contributed by atoms with Gasteiger partial charge in [-0.2, -0.15) is 0 Å². The highest BCUT2D eigenvalue weighted by atomic mass is 16.4. The number of phenols is 1. The number of imidazole rings is 1. The second-order valence-electron chi connectivity index (χ2n) is 18.1. The predicted octanol–water partition coefficient (Wildman–Crippen LogP) is -1.54. The van der Waals surface area contributed by atoms with Gasteiger partial charge in [0.1, 0.15) is 42.0 Å². The van der Waals surface area contributed by atoms with E-state index in [4.69, 9.17) is 22.9 Å². The summed E-state index contributed by atoms with van der Waals surface area (Å²) < 4.78 is 0. The number of unbranched alkanes of at least 4 members (excludes halogenated alkanes) is 1. The molecule has 1 aromatic heterocycles. The number of hydrogen-bond donors (Lipinski definition) is 14. The quantitative estimate of drug-likeness (QED) is 0.0192. The van der Waals surface area contributed by atoms with Gasteiger partial charge < -0.3 is 75.3 Å². The molecule has 3 aromatic rings. The second-order valence-corrected chi connectivity index (χ2v) is 18.1. The van der Waals surface area contributed by atoms with E-state index in [1.165, 1.54) is 36.8 Å². The van der Waals surface area contributed by atoms with Gasteiger partial charge in [0.05, 0.1) is 18.9 Å². The molecule has 0 fully saturated rings. The Morgan fingerprint density at radius 1 is 0.671 bits per heavy atom. The van der Waals surface area contributed by atoms with Gasteiger partial charge >= 0.3 is 5.97 Å². The molecule has 0 bridgehead atoms. The molecular formula is C49H74N14O10. The smallest absolute Gasteiger partial charge is 0.326 e. The monoisotopic (exact) mass is 1020 g/mol. The average Bonchev–Trinajstić information content (AvgIpc) is 3.87. The van der Waals surface area contributed by atoms with Crippen molar-refractivity contribution >= 4 is 53.3 Å². The fourth-order valence-corrected chi connectivity index (χ4v) is 7.45. The van der Waals surface area contributed by atoms with Crippen LogP contribution in [0.25, 0.3) is 0 Å². The van der Waals surface area contributed by atoms with Gasteiger partial charge in [0.25, 0.3) is 0 Å². The molecule has 2 aromatic carbocycles. The summed E-state index contributed by atoms with van der Waals surface area (Å²) >= 11 is 0. The number of carbonyl (C=O) groups is 8. The molecule has 0 spiro atoms. The summed E-state index contributed by atoms with van der Waals surface area (Å²) in [5.74, 6) is -7.68. The number of aliphatic imine (C=N–C) groups is 1. The Bertz CT molecular complexity index is 2280. The van der Waals surface area contributed by atoms with Crippen LogP contribution in [0.5, 0.6) is 5.75 Å². The normalized spacial score (nSPS) is 14.3. The van der Waals surface area contributed by atoms with Gasteiger partial charge in [0, 0.05) is 37.7 Å². The Hall–Kier alpha value is -7.60. The maximum absolute atomic E-state index is 14.5. The van der Waals surface area contributed by atoms with Gasteiger partial charge in [-0.1, -0.05) is 83.0 Å². The molecule has 0 unspecified atom stereocenters. The van der Waals surface area contributed by atoms with E-state index in [1.807, 2.05) is 0 Å². The van der Waals surface area contributed by atoms with Crippen LogP contribution in [-0.4, -0.2) is 135 Å². The van der Waals surface area contributed by atoms with Crippen LogP contribution in [0.15, 0.2) is 72.1 Å². The lowest BCUT2D eigenvalue weighted by atomic mass is 9.97. The lowest BCUT2D eigenvalue weighted by molar-refractivity contribution is -0.144. The summed E-state index contributed by atoms with van der Waals surface area (Å²) in [6.45, 7) is 6.66. The minimum absolute atomic E-state index is 0.0483. The van der Waals surface area contributed by atoms with E-state index < -0.39 is 108 Å². The molecule has 24 heteroatoms. The summed E-state index contributed by atoms with van der Waals surface area (Å²) in [6, 6.07) is 5.84.